The first-order valence-corrected chi connectivity index (χ1v) is 7.46. The summed E-state index contributed by atoms with van der Waals surface area (Å²) >= 11 is 5.94. The minimum absolute atomic E-state index is 0.0547. The van der Waals surface area contributed by atoms with Crippen LogP contribution in [0.2, 0.25) is 5.02 Å². The number of nitrogens with zero attached hydrogens (tertiary/aromatic N) is 1. The van der Waals surface area contributed by atoms with E-state index in [1.54, 1.807) is 13.0 Å². The van der Waals surface area contributed by atoms with Crippen LogP contribution in [-0.2, 0) is 10.0 Å². The van der Waals surface area contributed by atoms with Crippen LogP contribution in [0.25, 0.3) is 0 Å². The van der Waals surface area contributed by atoms with Crippen LogP contribution in [0.15, 0.2) is 35.7 Å². The molecule has 1 rings (SSSR count). The molecular weight excluding hydrogens is 288 g/mol. The van der Waals surface area contributed by atoms with E-state index in [9.17, 15) is 13.2 Å². The van der Waals surface area contributed by atoms with Crippen molar-refractivity contribution < 1.29 is 13.2 Å². The maximum absolute atomic E-state index is 12.3. The highest BCUT2D eigenvalue weighted by atomic mass is 35.5. The third-order valence-corrected chi connectivity index (χ3v) is 3.78. The molecule has 0 aliphatic carbocycles. The maximum atomic E-state index is 12.3. The van der Waals surface area contributed by atoms with E-state index in [-0.39, 0.29) is 15.5 Å². The van der Waals surface area contributed by atoms with Crippen molar-refractivity contribution >= 4 is 27.5 Å². The summed E-state index contributed by atoms with van der Waals surface area (Å²) in [6, 6.07) is 4.14. The molecule has 0 radical (unpaired) electrons. The average molecular weight is 303 g/mol. The summed E-state index contributed by atoms with van der Waals surface area (Å²) < 4.78 is 23.0. The van der Waals surface area contributed by atoms with E-state index in [0.29, 0.717) is 13.1 Å². The summed E-state index contributed by atoms with van der Waals surface area (Å²) in [7, 11) is -4.02. The van der Waals surface area contributed by atoms with Crippen molar-refractivity contribution in [3.05, 3.63) is 41.4 Å². The second-order valence-electron chi connectivity index (χ2n) is 3.79. The number of hydrogen-bond donors (Lipinski definition) is 1. The molecule has 2 N–H and O–H groups in total. The minimum Gasteiger partial charge on any atom is -0.335 e. The number of sulfonamides is 1. The number of hydrogen-bond acceptors (Lipinski definition) is 3. The number of carbonyl (C=O) groups is 1. The topological polar surface area (TPSA) is 80.5 Å². The Bertz CT molecular complexity index is 599. The molecule has 1 aromatic rings. The van der Waals surface area contributed by atoms with Gasteiger partial charge in [-0.15, -0.1) is 6.58 Å². The van der Waals surface area contributed by atoms with E-state index in [1.807, 2.05) is 0 Å². The van der Waals surface area contributed by atoms with Gasteiger partial charge in [-0.3, -0.25) is 4.79 Å². The van der Waals surface area contributed by atoms with Gasteiger partial charge in [0.05, 0.1) is 15.5 Å². The predicted molar refractivity (Wildman–Crippen MR) is 74.6 cm³/mol. The van der Waals surface area contributed by atoms with E-state index < -0.39 is 15.9 Å². The second kappa shape index (κ2) is 6.18. The minimum atomic E-state index is -4.02. The number of primary sulfonamides is 1. The molecule has 1 amide bonds. The molecular formula is C12H15ClN2O3S. The maximum Gasteiger partial charge on any atom is 0.257 e. The van der Waals surface area contributed by atoms with Crippen molar-refractivity contribution in [3.63, 3.8) is 0 Å². The van der Waals surface area contributed by atoms with Crippen LogP contribution < -0.4 is 5.14 Å². The zero-order valence-electron chi connectivity index (χ0n) is 10.5. The average Bonchev–Trinajstić information content (AvgIpc) is 2.33. The van der Waals surface area contributed by atoms with Crippen molar-refractivity contribution in [2.75, 3.05) is 13.1 Å². The Kier molecular flexibility index (Phi) is 5.11. The number of halogens is 1. The molecule has 0 aliphatic heterocycles. The molecule has 0 spiro atoms. The van der Waals surface area contributed by atoms with Gasteiger partial charge in [-0.2, -0.15) is 0 Å². The molecule has 0 aliphatic rings. The summed E-state index contributed by atoms with van der Waals surface area (Å²) in [5.74, 6) is -0.489. The molecule has 19 heavy (non-hydrogen) atoms. The van der Waals surface area contributed by atoms with Gasteiger partial charge >= 0.3 is 0 Å². The monoisotopic (exact) mass is 302 g/mol. The largest absolute Gasteiger partial charge is 0.335 e. The zero-order chi connectivity index (χ0) is 14.6. The number of amides is 1. The first kappa shape index (κ1) is 15.7. The van der Waals surface area contributed by atoms with Gasteiger partial charge in [0.1, 0.15) is 0 Å². The molecule has 7 heteroatoms. The van der Waals surface area contributed by atoms with Gasteiger partial charge in [0, 0.05) is 13.1 Å². The lowest BCUT2D eigenvalue weighted by Gasteiger charge is -2.20. The number of carbonyl (C=O) groups excluding carboxylic acids is 1. The van der Waals surface area contributed by atoms with Crippen LogP contribution in [0.3, 0.4) is 0 Å². The fourth-order valence-corrected chi connectivity index (χ4v) is 2.68. The lowest BCUT2D eigenvalue weighted by molar-refractivity contribution is 0.0778. The Labute approximate surface area is 117 Å². The predicted octanol–water partition coefficient (Wildman–Crippen LogP) is 1.64. The lowest BCUT2D eigenvalue weighted by Crippen LogP contribution is -2.32. The summed E-state index contributed by atoms with van der Waals surface area (Å²) in [5, 5.41) is 5.16. The number of benzene rings is 1. The second-order valence-corrected chi connectivity index (χ2v) is 5.73. The van der Waals surface area contributed by atoms with Crippen molar-refractivity contribution in [1.29, 1.82) is 0 Å². The molecule has 1 aromatic carbocycles. The summed E-state index contributed by atoms with van der Waals surface area (Å²) in [5.41, 5.74) is -0.102. The van der Waals surface area contributed by atoms with Crippen molar-refractivity contribution in [2.24, 2.45) is 5.14 Å². The van der Waals surface area contributed by atoms with Gasteiger partial charge in [-0.25, -0.2) is 13.6 Å². The highest BCUT2D eigenvalue weighted by molar-refractivity contribution is 7.89. The molecule has 104 valence electrons. The molecule has 5 nitrogen and oxygen atoms in total. The molecule has 0 bridgehead atoms. The lowest BCUT2D eigenvalue weighted by atomic mass is 10.2. The van der Waals surface area contributed by atoms with Gasteiger partial charge in [0.15, 0.2) is 0 Å². The SMILES string of the molecule is C=CCN(CC)C(=O)c1c(Cl)cccc1S(N)(=O)=O. The fraction of sp³-hybridized carbons (Fsp3) is 0.250. The normalized spacial score (nSPS) is 11.1. The highest BCUT2D eigenvalue weighted by Crippen LogP contribution is 2.24. The van der Waals surface area contributed by atoms with Gasteiger partial charge in [-0.05, 0) is 19.1 Å². The standard InChI is InChI=1S/C12H15ClN2O3S/c1-3-8-15(4-2)12(16)11-9(13)6-5-7-10(11)19(14,17)18/h3,5-7H,1,4,8H2,2H3,(H2,14,17,18). The zero-order valence-corrected chi connectivity index (χ0v) is 12.0. The van der Waals surface area contributed by atoms with Crippen LogP contribution in [0.5, 0.6) is 0 Å². The van der Waals surface area contributed by atoms with E-state index in [1.165, 1.54) is 23.1 Å². The van der Waals surface area contributed by atoms with Crippen LogP contribution in [-0.4, -0.2) is 32.3 Å². The molecule has 0 saturated heterocycles. The first-order chi connectivity index (χ1) is 8.82. The van der Waals surface area contributed by atoms with Gasteiger partial charge in [0.25, 0.3) is 5.91 Å². The number of likely N-dealkylation sites (N-methyl/N-ethyl adjacent to an activating group) is 1. The van der Waals surface area contributed by atoms with Crippen LogP contribution in [0.1, 0.15) is 17.3 Å². The summed E-state index contributed by atoms with van der Waals surface area (Å²) in [4.78, 5) is 13.5. The molecule has 0 atom stereocenters. The molecule has 0 heterocycles. The Hall–Kier alpha value is -1.37. The van der Waals surface area contributed by atoms with E-state index in [4.69, 9.17) is 16.7 Å². The molecule has 0 aromatic heterocycles. The molecule has 0 unspecified atom stereocenters. The fourth-order valence-electron chi connectivity index (χ4n) is 1.62. The molecule has 0 saturated carbocycles. The van der Waals surface area contributed by atoms with Gasteiger partial charge in [-0.1, -0.05) is 23.7 Å². The van der Waals surface area contributed by atoms with Crippen molar-refractivity contribution in [2.45, 2.75) is 11.8 Å². The third kappa shape index (κ3) is 3.56. The van der Waals surface area contributed by atoms with Gasteiger partial charge in [0.2, 0.25) is 10.0 Å². The van der Waals surface area contributed by atoms with Crippen molar-refractivity contribution in [3.8, 4) is 0 Å². The first-order valence-electron chi connectivity index (χ1n) is 5.54. The number of rotatable bonds is 5. The van der Waals surface area contributed by atoms with Crippen LogP contribution in [0, 0.1) is 0 Å². The van der Waals surface area contributed by atoms with Crippen LogP contribution in [0.4, 0.5) is 0 Å². The van der Waals surface area contributed by atoms with Crippen molar-refractivity contribution in [1.82, 2.24) is 4.90 Å². The Morgan fingerprint density at radius 3 is 2.63 bits per heavy atom. The summed E-state index contributed by atoms with van der Waals surface area (Å²) in [6.45, 7) is 6.02. The van der Waals surface area contributed by atoms with E-state index in [0.717, 1.165) is 0 Å². The Morgan fingerprint density at radius 2 is 2.16 bits per heavy atom. The van der Waals surface area contributed by atoms with E-state index >= 15 is 0 Å². The Balaban J connectivity index is 3.41. The number of nitrogens with two attached hydrogens (primary N) is 1. The highest BCUT2D eigenvalue weighted by Gasteiger charge is 2.25. The molecule has 0 fully saturated rings. The van der Waals surface area contributed by atoms with Gasteiger partial charge < -0.3 is 4.90 Å². The quantitative estimate of drug-likeness (QED) is 0.840. The summed E-state index contributed by atoms with van der Waals surface area (Å²) in [6.07, 6.45) is 1.55. The smallest absolute Gasteiger partial charge is 0.257 e. The van der Waals surface area contributed by atoms with Crippen LogP contribution >= 0.6 is 11.6 Å². The Morgan fingerprint density at radius 1 is 1.53 bits per heavy atom. The third-order valence-electron chi connectivity index (χ3n) is 2.51. The van der Waals surface area contributed by atoms with E-state index in [2.05, 4.69) is 6.58 Å².